The fourth-order valence-electron chi connectivity index (χ4n) is 2.57. The molecule has 1 aliphatic heterocycles. The average Bonchev–Trinajstić information content (AvgIpc) is 2.50. The standard InChI is InChI=1S/C16H17NO5/c1-3-22-13(19)9-12-14(17(10(2)18)16(12)21)15(20)11-7-5-4-6-8-11/h4-8,12,14H,3,9H2,1-2H3/t12-,14+/m1/s1. The number of ketones is 1. The van der Waals surface area contributed by atoms with E-state index >= 15 is 0 Å². The lowest BCUT2D eigenvalue weighted by Gasteiger charge is -2.43. The van der Waals surface area contributed by atoms with E-state index in [1.54, 1.807) is 37.3 Å². The van der Waals surface area contributed by atoms with Crippen LogP contribution in [0.15, 0.2) is 30.3 Å². The molecule has 22 heavy (non-hydrogen) atoms. The number of rotatable bonds is 5. The number of Topliss-reactive ketones (excluding diaryl/α,β-unsaturated/α-hetero) is 1. The van der Waals surface area contributed by atoms with E-state index in [4.69, 9.17) is 4.74 Å². The summed E-state index contributed by atoms with van der Waals surface area (Å²) in [7, 11) is 0. The molecule has 0 bridgehead atoms. The number of hydrogen-bond donors (Lipinski definition) is 0. The second kappa shape index (κ2) is 6.51. The number of amides is 2. The van der Waals surface area contributed by atoms with Crippen molar-refractivity contribution in [1.82, 2.24) is 4.90 Å². The zero-order valence-corrected chi connectivity index (χ0v) is 12.4. The number of likely N-dealkylation sites (tertiary alicyclic amines) is 1. The Bertz CT molecular complexity index is 610. The third kappa shape index (κ3) is 2.90. The number of nitrogens with zero attached hydrogens (tertiary/aromatic N) is 1. The van der Waals surface area contributed by atoms with Crippen molar-refractivity contribution in [3.8, 4) is 0 Å². The molecule has 1 aromatic carbocycles. The molecule has 1 aromatic rings. The minimum atomic E-state index is -0.934. The van der Waals surface area contributed by atoms with E-state index in [0.29, 0.717) is 5.56 Å². The number of benzene rings is 1. The Balaban J connectivity index is 2.22. The molecule has 2 amide bonds. The number of hydrogen-bond acceptors (Lipinski definition) is 5. The number of carbonyl (C=O) groups is 4. The van der Waals surface area contributed by atoms with Crippen molar-refractivity contribution in [1.29, 1.82) is 0 Å². The van der Waals surface area contributed by atoms with E-state index in [9.17, 15) is 19.2 Å². The zero-order valence-electron chi connectivity index (χ0n) is 12.4. The maximum absolute atomic E-state index is 12.5. The summed E-state index contributed by atoms with van der Waals surface area (Å²) in [5.74, 6) is -2.73. The molecule has 0 N–H and O–H groups in total. The van der Waals surface area contributed by atoms with Crippen LogP contribution >= 0.6 is 0 Å². The monoisotopic (exact) mass is 303 g/mol. The molecule has 2 atom stereocenters. The van der Waals surface area contributed by atoms with Crippen LogP contribution in [0.2, 0.25) is 0 Å². The molecular formula is C16H17NO5. The maximum atomic E-state index is 12.5. The lowest BCUT2D eigenvalue weighted by atomic mass is 9.80. The zero-order chi connectivity index (χ0) is 16.3. The van der Waals surface area contributed by atoms with Gasteiger partial charge in [-0.1, -0.05) is 30.3 Å². The van der Waals surface area contributed by atoms with Gasteiger partial charge < -0.3 is 4.74 Å². The summed E-state index contributed by atoms with van der Waals surface area (Å²) in [6, 6.07) is 7.46. The Labute approximate surface area is 128 Å². The average molecular weight is 303 g/mol. The fourth-order valence-corrected chi connectivity index (χ4v) is 2.57. The third-order valence-electron chi connectivity index (χ3n) is 3.57. The highest BCUT2D eigenvalue weighted by Gasteiger charge is 2.54. The van der Waals surface area contributed by atoms with Crippen LogP contribution in [0, 0.1) is 5.92 Å². The highest BCUT2D eigenvalue weighted by molar-refractivity contribution is 6.14. The molecule has 1 heterocycles. The Kier molecular flexibility index (Phi) is 4.70. The van der Waals surface area contributed by atoms with Gasteiger partial charge in [0.1, 0.15) is 6.04 Å². The minimum absolute atomic E-state index is 0.195. The smallest absolute Gasteiger partial charge is 0.306 e. The summed E-state index contributed by atoms with van der Waals surface area (Å²) >= 11 is 0. The summed E-state index contributed by atoms with van der Waals surface area (Å²) in [5.41, 5.74) is 0.403. The first-order chi connectivity index (χ1) is 10.5. The van der Waals surface area contributed by atoms with E-state index < -0.39 is 29.7 Å². The van der Waals surface area contributed by atoms with Crippen molar-refractivity contribution >= 4 is 23.6 Å². The van der Waals surface area contributed by atoms with Crippen molar-refractivity contribution in [2.45, 2.75) is 26.3 Å². The van der Waals surface area contributed by atoms with Gasteiger partial charge in [0, 0.05) is 12.5 Å². The number of β-lactam (4-membered cyclic amide) rings is 1. The van der Waals surface area contributed by atoms with Crippen LogP contribution in [0.1, 0.15) is 30.6 Å². The van der Waals surface area contributed by atoms with Gasteiger partial charge in [-0.05, 0) is 6.92 Å². The molecule has 0 radical (unpaired) electrons. The van der Waals surface area contributed by atoms with Gasteiger partial charge in [-0.25, -0.2) is 0 Å². The Morgan fingerprint density at radius 2 is 1.82 bits per heavy atom. The van der Waals surface area contributed by atoms with Crippen molar-refractivity contribution in [3.63, 3.8) is 0 Å². The highest BCUT2D eigenvalue weighted by Crippen LogP contribution is 2.32. The van der Waals surface area contributed by atoms with Crippen molar-refractivity contribution < 1.29 is 23.9 Å². The highest BCUT2D eigenvalue weighted by atomic mass is 16.5. The lowest BCUT2D eigenvalue weighted by molar-refractivity contribution is -0.167. The molecule has 0 aromatic heterocycles. The van der Waals surface area contributed by atoms with Crippen LogP contribution in [0.3, 0.4) is 0 Å². The van der Waals surface area contributed by atoms with Crippen molar-refractivity contribution in [2.24, 2.45) is 5.92 Å². The molecule has 6 nitrogen and oxygen atoms in total. The predicted molar refractivity (Wildman–Crippen MR) is 76.8 cm³/mol. The van der Waals surface area contributed by atoms with Gasteiger partial charge in [-0.2, -0.15) is 0 Å². The lowest BCUT2D eigenvalue weighted by Crippen LogP contribution is -2.66. The Morgan fingerprint density at radius 1 is 1.18 bits per heavy atom. The summed E-state index contributed by atoms with van der Waals surface area (Å²) in [4.78, 5) is 48.6. The van der Waals surface area contributed by atoms with Crippen LogP contribution < -0.4 is 0 Å². The second-order valence-electron chi connectivity index (χ2n) is 5.02. The molecule has 1 saturated heterocycles. The molecule has 1 aliphatic rings. The molecule has 0 saturated carbocycles. The van der Waals surface area contributed by atoms with Crippen LogP contribution in [0.25, 0.3) is 0 Å². The molecule has 116 valence electrons. The summed E-state index contributed by atoms with van der Waals surface area (Å²) in [5, 5.41) is 0. The van der Waals surface area contributed by atoms with Crippen molar-refractivity contribution in [2.75, 3.05) is 6.61 Å². The molecule has 0 unspecified atom stereocenters. The van der Waals surface area contributed by atoms with E-state index in [2.05, 4.69) is 0 Å². The first-order valence-electron chi connectivity index (χ1n) is 7.05. The maximum Gasteiger partial charge on any atom is 0.306 e. The van der Waals surface area contributed by atoms with Gasteiger partial charge in [0.2, 0.25) is 11.8 Å². The number of imide groups is 1. The molecule has 1 fully saturated rings. The predicted octanol–water partition coefficient (Wildman–Crippen LogP) is 1.20. The minimum Gasteiger partial charge on any atom is -0.466 e. The van der Waals surface area contributed by atoms with Gasteiger partial charge in [0.15, 0.2) is 5.78 Å². The van der Waals surface area contributed by atoms with E-state index in [0.717, 1.165) is 4.90 Å². The second-order valence-corrected chi connectivity index (χ2v) is 5.02. The van der Waals surface area contributed by atoms with Gasteiger partial charge in [-0.15, -0.1) is 0 Å². The number of carbonyl (C=O) groups excluding carboxylic acids is 4. The van der Waals surface area contributed by atoms with Crippen LogP contribution in [-0.2, 0) is 19.1 Å². The van der Waals surface area contributed by atoms with Crippen molar-refractivity contribution in [3.05, 3.63) is 35.9 Å². The van der Waals surface area contributed by atoms with E-state index in [-0.39, 0.29) is 18.8 Å². The Morgan fingerprint density at radius 3 is 2.36 bits per heavy atom. The van der Waals surface area contributed by atoms with Gasteiger partial charge in [0.25, 0.3) is 0 Å². The van der Waals surface area contributed by atoms with Gasteiger partial charge >= 0.3 is 5.97 Å². The molecule has 6 heteroatoms. The van der Waals surface area contributed by atoms with Gasteiger partial charge in [0.05, 0.1) is 18.9 Å². The first kappa shape index (κ1) is 15.9. The number of esters is 1. The third-order valence-corrected chi connectivity index (χ3v) is 3.57. The molecule has 2 rings (SSSR count). The van der Waals surface area contributed by atoms with Gasteiger partial charge in [-0.3, -0.25) is 24.1 Å². The van der Waals surface area contributed by atoms with Crippen LogP contribution in [0.5, 0.6) is 0 Å². The SMILES string of the molecule is CCOC(=O)C[C@H]1C(=O)N(C(C)=O)[C@@H]1C(=O)c1ccccc1. The number of ether oxygens (including phenoxy) is 1. The normalized spacial score (nSPS) is 20.3. The quantitative estimate of drug-likeness (QED) is 0.464. The molecule has 0 spiro atoms. The first-order valence-corrected chi connectivity index (χ1v) is 7.05. The molecular weight excluding hydrogens is 286 g/mol. The summed E-state index contributed by atoms with van der Waals surface area (Å²) in [6.07, 6.45) is -0.195. The Hall–Kier alpha value is -2.50. The van der Waals surface area contributed by atoms with Crippen LogP contribution in [-0.4, -0.2) is 41.1 Å². The molecule has 0 aliphatic carbocycles. The topological polar surface area (TPSA) is 80.8 Å². The summed E-state index contributed by atoms with van der Waals surface area (Å²) in [6.45, 7) is 3.09. The fraction of sp³-hybridized carbons (Fsp3) is 0.375. The largest absolute Gasteiger partial charge is 0.466 e. The summed E-state index contributed by atoms with van der Waals surface area (Å²) < 4.78 is 4.82. The van der Waals surface area contributed by atoms with Crippen LogP contribution in [0.4, 0.5) is 0 Å². The van der Waals surface area contributed by atoms with E-state index in [1.807, 2.05) is 0 Å². The van der Waals surface area contributed by atoms with E-state index in [1.165, 1.54) is 6.92 Å².